The lowest BCUT2D eigenvalue weighted by Crippen LogP contribution is -2.00. The summed E-state index contributed by atoms with van der Waals surface area (Å²) in [5.74, 6) is 0.774. The zero-order valence-electron chi connectivity index (χ0n) is 10.9. The number of hydrogen-bond acceptors (Lipinski definition) is 0. The van der Waals surface area contributed by atoms with Gasteiger partial charge in [0, 0.05) is 0 Å². The maximum Gasteiger partial charge on any atom is -0.0168 e. The Morgan fingerprint density at radius 2 is 1.71 bits per heavy atom. The highest BCUT2D eigenvalue weighted by atomic mass is 14.1. The van der Waals surface area contributed by atoms with Crippen LogP contribution in [-0.4, -0.2) is 0 Å². The molecule has 0 aromatic rings. The fraction of sp³-hybridized carbons (Fsp3) is 0.714. The number of rotatable bonds is 5. The van der Waals surface area contributed by atoms with Crippen molar-refractivity contribution in [2.75, 3.05) is 0 Å². The maximum absolute atomic E-state index is 2.27. The van der Waals surface area contributed by atoms with Crippen molar-refractivity contribution in [3.63, 3.8) is 0 Å². The minimum absolute atomic E-state index is 0.774. The first kappa shape index (κ1) is 15.9. The lowest BCUT2D eigenvalue weighted by Gasteiger charge is -2.14. The van der Waals surface area contributed by atoms with Gasteiger partial charge in [0.05, 0.1) is 0 Å². The molecule has 0 heteroatoms. The second-order valence-corrected chi connectivity index (χ2v) is 3.18. The van der Waals surface area contributed by atoms with Crippen LogP contribution >= 0.6 is 0 Å². The van der Waals surface area contributed by atoms with Crippen molar-refractivity contribution in [1.29, 1.82) is 0 Å². The van der Waals surface area contributed by atoms with Crippen LogP contribution < -0.4 is 0 Å². The Labute approximate surface area is 91.1 Å². The Balaban J connectivity index is 0. The summed E-state index contributed by atoms with van der Waals surface area (Å²) < 4.78 is 0. The van der Waals surface area contributed by atoms with Crippen LogP contribution in [0.5, 0.6) is 0 Å². The molecule has 0 saturated heterocycles. The number of allylic oxidation sites excluding steroid dienone is 4. The lowest BCUT2D eigenvalue weighted by atomic mass is 9.91. The average molecular weight is 196 g/mol. The molecule has 0 aromatic heterocycles. The molecule has 0 amide bonds. The Hall–Kier alpha value is -0.520. The third-order valence-electron chi connectivity index (χ3n) is 2.29. The van der Waals surface area contributed by atoms with Crippen molar-refractivity contribution in [1.82, 2.24) is 0 Å². The van der Waals surface area contributed by atoms with Crippen molar-refractivity contribution in [2.45, 2.75) is 60.8 Å². The van der Waals surface area contributed by atoms with E-state index < -0.39 is 0 Å². The van der Waals surface area contributed by atoms with Crippen LogP contribution in [-0.2, 0) is 0 Å². The molecule has 1 unspecified atom stereocenters. The molecule has 0 nitrogen and oxygen atoms in total. The molecular formula is C14H28. The minimum Gasteiger partial charge on any atom is -0.0874 e. The first-order valence-electron chi connectivity index (χ1n) is 6.08. The monoisotopic (exact) mass is 196 g/mol. The third kappa shape index (κ3) is 6.94. The summed E-state index contributed by atoms with van der Waals surface area (Å²) in [5, 5.41) is 0. The maximum atomic E-state index is 2.27. The van der Waals surface area contributed by atoms with Crippen molar-refractivity contribution in [2.24, 2.45) is 5.92 Å². The average Bonchev–Trinajstić information content (AvgIpc) is 2.26. The molecule has 0 rings (SSSR count). The van der Waals surface area contributed by atoms with Gasteiger partial charge in [-0.15, -0.1) is 0 Å². The van der Waals surface area contributed by atoms with E-state index in [2.05, 4.69) is 45.9 Å². The molecule has 0 aliphatic carbocycles. The summed E-state index contributed by atoms with van der Waals surface area (Å²) >= 11 is 0. The minimum atomic E-state index is 0.774. The van der Waals surface area contributed by atoms with Crippen LogP contribution in [0, 0.1) is 5.92 Å². The molecule has 0 bridgehead atoms. The first-order valence-corrected chi connectivity index (χ1v) is 6.08. The van der Waals surface area contributed by atoms with E-state index in [9.17, 15) is 0 Å². The van der Waals surface area contributed by atoms with Gasteiger partial charge >= 0.3 is 0 Å². The zero-order valence-corrected chi connectivity index (χ0v) is 10.9. The van der Waals surface area contributed by atoms with Crippen LogP contribution in [0.2, 0.25) is 0 Å². The SMILES string of the molecule is C/C=C\C(=C/C)C(CC)CCC.CC. The van der Waals surface area contributed by atoms with Crippen LogP contribution in [0.4, 0.5) is 0 Å². The largest absolute Gasteiger partial charge is 0.0874 e. The summed E-state index contributed by atoms with van der Waals surface area (Å²) in [6.07, 6.45) is 10.5. The highest BCUT2D eigenvalue weighted by Crippen LogP contribution is 2.21. The van der Waals surface area contributed by atoms with E-state index >= 15 is 0 Å². The summed E-state index contributed by atoms with van der Waals surface area (Å²) in [7, 11) is 0. The van der Waals surface area contributed by atoms with E-state index in [0.29, 0.717) is 0 Å². The highest BCUT2D eigenvalue weighted by Gasteiger charge is 2.06. The molecule has 0 N–H and O–H groups in total. The number of hydrogen-bond donors (Lipinski definition) is 0. The summed E-state index contributed by atoms with van der Waals surface area (Å²) in [5.41, 5.74) is 1.50. The summed E-state index contributed by atoms with van der Waals surface area (Å²) in [6.45, 7) is 12.7. The molecule has 0 aromatic carbocycles. The Morgan fingerprint density at radius 1 is 1.14 bits per heavy atom. The Kier molecular flexibility index (Phi) is 14.2. The van der Waals surface area contributed by atoms with Crippen LogP contribution in [0.25, 0.3) is 0 Å². The van der Waals surface area contributed by atoms with Crippen molar-refractivity contribution < 1.29 is 0 Å². The van der Waals surface area contributed by atoms with Gasteiger partial charge in [-0.2, -0.15) is 0 Å². The molecule has 0 spiro atoms. The van der Waals surface area contributed by atoms with Crippen LogP contribution in [0.3, 0.4) is 0 Å². The van der Waals surface area contributed by atoms with E-state index in [-0.39, 0.29) is 0 Å². The van der Waals surface area contributed by atoms with Crippen molar-refractivity contribution in [3.05, 3.63) is 23.8 Å². The highest BCUT2D eigenvalue weighted by molar-refractivity contribution is 5.20. The molecule has 14 heavy (non-hydrogen) atoms. The van der Waals surface area contributed by atoms with Crippen LogP contribution in [0.15, 0.2) is 23.8 Å². The van der Waals surface area contributed by atoms with Gasteiger partial charge in [0.1, 0.15) is 0 Å². The molecule has 0 saturated carbocycles. The van der Waals surface area contributed by atoms with Gasteiger partial charge in [-0.3, -0.25) is 0 Å². The normalized spacial score (nSPS) is 13.7. The van der Waals surface area contributed by atoms with Gasteiger partial charge in [-0.1, -0.05) is 52.3 Å². The Morgan fingerprint density at radius 3 is 2.00 bits per heavy atom. The standard InChI is InChI=1S/C12H22.C2H6/c1-5-9-11(7-3)12(8-4)10-6-2;1-2/h5,7,9,12H,6,8,10H2,1-4H3;1-2H3/b9-5-,11-7+;. The molecule has 0 aliphatic rings. The van der Waals surface area contributed by atoms with E-state index in [4.69, 9.17) is 0 Å². The van der Waals surface area contributed by atoms with E-state index in [1.165, 1.54) is 24.8 Å². The van der Waals surface area contributed by atoms with Gasteiger partial charge in [0.25, 0.3) is 0 Å². The second-order valence-electron chi connectivity index (χ2n) is 3.18. The molecule has 0 radical (unpaired) electrons. The first-order chi connectivity index (χ1) is 6.79. The molecular weight excluding hydrogens is 168 g/mol. The lowest BCUT2D eigenvalue weighted by molar-refractivity contribution is 0.543. The zero-order chi connectivity index (χ0) is 11.4. The Bertz CT molecular complexity index is 151. The van der Waals surface area contributed by atoms with Crippen LogP contribution in [0.1, 0.15) is 60.8 Å². The fourth-order valence-electron chi connectivity index (χ4n) is 1.62. The molecule has 0 heterocycles. The summed E-state index contributed by atoms with van der Waals surface area (Å²) in [6, 6.07) is 0. The predicted molar refractivity (Wildman–Crippen MR) is 68.6 cm³/mol. The van der Waals surface area contributed by atoms with Gasteiger partial charge in [0.2, 0.25) is 0 Å². The van der Waals surface area contributed by atoms with E-state index in [0.717, 1.165) is 5.92 Å². The summed E-state index contributed by atoms with van der Waals surface area (Å²) in [4.78, 5) is 0. The molecule has 84 valence electrons. The predicted octanol–water partition coefficient (Wildman–Crippen LogP) is 5.36. The topological polar surface area (TPSA) is 0 Å². The third-order valence-corrected chi connectivity index (χ3v) is 2.29. The molecule has 0 aliphatic heterocycles. The van der Waals surface area contributed by atoms with Gasteiger partial charge in [-0.25, -0.2) is 0 Å². The molecule has 1 atom stereocenters. The van der Waals surface area contributed by atoms with Crippen molar-refractivity contribution >= 4 is 0 Å². The quantitative estimate of drug-likeness (QED) is 0.519. The second kappa shape index (κ2) is 12.5. The fourth-order valence-corrected chi connectivity index (χ4v) is 1.62. The smallest absolute Gasteiger partial charge is 0.0168 e. The van der Waals surface area contributed by atoms with E-state index in [1.807, 2.05) is 13.8 Å². The van der Waals surface area contributed by atoms with Gasteiger partial charge in [0.15, 0.2) is 0 Å². The molecule has 0 fully saturated rings. The van der Waals surface area contributed by atoms with E-state index in [1.54, 1.807) is 0 Å². The van der Waals surface area contributed by atoms with Gasteiger partial charge in [-0.05, 0) is 38.2 Å². The van der Waals surface area contributed by atoms with Crippen molar-refractivity contribution in [3.8, 4) is 0 Å². The van der Waals surface area contributed by atoms with Gasteiger partial charge < -0.3 is 0 Å².